The highest BCUT2D eigenvalue weighted by molar-refractivity contribution is 5.75. The molecule has 0 saturated carbocycles. The number of ether oxygens (including phenoxy) is 4. The highest BCUT2D eigenvalue weighted by atomic mass is 16.6. The molecule has 0 fully saturated rings. The molecule has 0 aliphatic carbocycles. The summed E-state index contributed by atoms with van der Waals surface area (Å²) in [7, 11) is 1.62. The average Bonchev–Trinajstić information content (AvgIpc) is 2.36. The van der Waals surface area contributed by atoms with Crippen LogP contribution < -0.4 is 5.73 Å². The van der Waals surface area contributed by atoms with Crippen LogP contribution in [0.4, 0.5) is 0 Å². The number of nitrogens with two attached hydrogens (primary N) is 1. The minimum Gasteiger partial charge on any atom is -0.462 e. The van der Waals surface area contributed by atoms with E-state index in [0.717, 1.165) is 0 Å². The molecule has 0 amide bonds. The summed E-state index contributed by atoms with van der Waals surface area (Å²) in [5.74, 6) is -0.435. The van der Waals surface area contributed by atoms with Crippen molar-refractivity contribution in [1.82, 2.24) is 0 Å². The SMILES string of the molecule is C=CCC(N)C(=O)OCCOCCOCCOC. The fraction of sp³-hybridized carbons (Fsp3) is 0.750. The lowest BCUT2D eigenvalue weighted by atomic mass is 10.2. The number of hydrogen-bond donors (Lipinski definition) is 1. The Morgan fingerprint density at radius 2 is 1.72 bits per heavy atom. The highest BCUT2D eigenvalue weighted by Crippen LogP contribution is 1.92. The van der Waals surface area contributed by atoms with Gasteiger partial charge in [-0.05, 0) is 6.42 Å². The van der Waals surface area contributed by atoms with Crippen molar-refractivity contribution in [2.45, 2.75) is 12.5 Å². The maximum atomic E-state index is 11.3. The van der Waals surface area contributed by atoms with Crippen LogP contribution in [0.3, 0.4) is 0 Å². The molecule has 0 radical (unpaired) electrons. The predicted molar refractivity (Wildman–Crippen MR) is 67.3 cm³/mol. The third-order valence-corrected chi connectivity index (χ3v) is 2.00. The molecular formula is C12H23NO5. The second-order valence-electron chi connectivity index (χ2n) is 3.52. The van der Waals surface area contributed by atoms with Crippen LogP contribution in [-0.2, 0) is 23.7 Å². The van der Waals surface area contributed by atoms with Gasteiger partial charge in [0.1, 0.15) is 12.6 Å². The quantitative estimate of drug-likeness (QED) is 0.305. The first-order chi connectivity index (χ1) is 8.72. The number of rotatable bonds is 12. The summed E-state index contributed by atoms with van der Waals surface area (Å²) in [4.78, 5) is 11.3. The van der Waals surface area contributed by atoms with Crippen molar-refractivity contribution in [1.29, 1.82) is 0 Å². The van der Waals surface area contributed by atoms with E-state index in [1.165, 1.54) is 0 Å². The van der Waals surface area contributed by atoms with E-state index < -0.39 is 12.0 Å². The summed E-state index contributed by atoms with van der Waals surface area (Å²) >= 11 is 0. The normalized spacial score (nSPS) is 12.1. The highest BCUT2D eigenvalue weighted by Gasteiger charge is 2.12. The number of carbonyl (C=O) groups is 1. The fourth-order valence-corrected chi connectivity index (χ4v) is 1.05. The summed E-state index contributed by atoms with van der Waals surface area (Å²) in [6, 6.07) is -0.639. The standard InChI is InChI=1S/C12H23NO5/c1-3-4-11(13)12(14)18-10-9-17-8-7-16-6-5-15-2/h3,11H,1,4-10,13H2,2H3. The minimum absolute atomic E-state index is 0.196. The van der Waals surface area contributed by atoms with Crippen LogP contribution in [0.25, 0.3) is 0 Å². The fourth-order valence-electron chi connectivity index (χ4n) is 1.05. The number of esters is 1. The van der Waals surface area contributed by atoms with Gasteiger partial charge in [0.2, 0.25) is 0 Å². The van der Waals surface area contributed by atoms with Crippen molar-refractivity contribution in [2.75, 3.05) is 46.8 Å². The Balaban J connectivity index is 3.24. The van der Waals surface area contributed by atoms with Crippen LogP contribution in [-0.4, -0.2) is 58.8 Å². The van der Waals surface area contributed by atoms with Gasteiger partial charge < -0.3 is 24.7 Å². The van der Waals surface area contributed by atoms with Gasteiger partial charge in [-0.3, -0.25) is 4.79 Å². The first-order valence-electron chi connectivity index (χ1n) is 5.90. The number of carbonyl (C=O) groups excluding carboxylic acids is 1. The minimum atomic E-state index is -0.639. The molecule has 0 bridgehead atoms. The maximum Gasteiger partial charge on any atom is 0.323 e. The van der Waals surface area contributed by atoms with E-state index in [9.17, 15) is 4.79 Å². The van der Waals surface area contributed by atoms with Crippen LogP contribution in [0.15, 0.2) is 12.7 Å². The van der Waals surface area contributed by atoms with E-state index in [0.29, 0.717) is 39.5 Å². The monoisotopic (exact) mass is 261 g/mol. The van der Waals surface area contributed by atoms with Crippen LogP contribution in [0.1, 0.15) is 6.42 Å². The molecule has 0 heterocycles. The molecule has 0 aromatic heterocycles. The van der Waals surface area contributed by atoms with Gasteiger partial charge in [0.25, 0.3) is 0 Å². The van der Waals surface area contributed by atoms with Crippen molar-refractivity contribution >= 4 is 5.97 Å². The molecule has 106 valence electrons. The van der Waals surface area contributed by atoms with Crippen molar-refractivity contribution in [3.05, 3.63) is 12.7 Å². The maximum absolute atomic E-state index is 11.3. The Kier molecular flexibility index (Phi) is 11.8. The van der Waals surface area contributed by atoms with Gasteiger partial charge in [-0.2, -0.15) is 0 Å². The molecule has 18 heavy (non-hydrogen) atoms. The second kappa shape index (κ2) is 12.5. The van der Waals surface area contributed by atoms with Gasteiger partial charge in [-0.15, -0.1) is 6.58 Å². The average molecular weight is 261 g/mol. The van der Waals surface area contributed by atoms with Crippen molar-refractivity contribution in [3.63, 3.8) is 0 Å². The van der Waals surface area contributed by atoms with Crippen molar-refractivity contribution in [3.8, 4) is 0 Å². The predicted octanol–water partition coefficient (Wildman–Crippen LogP) is 0.113. The van der Waals surface area contributed by atoms with E-state index in [4.69, 9.17) is 24.7 Å². The van der Waals surface area contributed by atoms with Crippen LogP contribution in [0.5, 0.6) is 0 Å². The van der Waals surface area contributed by atoms with E-state index in [-0.39, 0.29) is 6.61 Å². The Hall–Kier alpha value is -0.950. The van der Waals surface area contributed by atoms with Gasteiger partial charge >= 0.3 is 5.97 Å². The molecular weight excluding hydrogens is 238 g/mol. The third-order valence-electron chi connectivity index (χ3n) is 2.00. The van der Waals surface area contributed by atoms with Crippen LogP contribution in [0, 0.1) is 0 Å². The molecule has 1 unspecified atom stereocenters. The zero-order valence-corrected chi connectivity index (χ0v) is 10.9. The van der Waals surface area contributed by atoms with Crippen molar-refractivity contribution < 1.29 is 23.7 Å². The van der Waals surface area contributed by atoms with Crippen molar-refractivity contribution in [2.24, 2.45) is 5.73 Å². The summed E-state index contributed by atoms with van der Waals surface area (Å²) < 4.78 is 20.1. The lowest BCUT2D eigenvalue weighted by Crippen LogP contribution is -2.32. The molecule has 0 spiro atoms. The largest absolute Gasteiger partial charge is 0.462 e. The van der Waals surface area contributed by atoms with E-state index >= 15 is 0 Å². The Bertz CT molecular complexity index is 223. The first kappa shape index (κ1) is 17.1. The molecule has 6 heteroatoms. The zero-order chi connectivity index (χ0) is 13.6. The lowest BCUT2D eigenvalue weighted by molar-refractivity contribution is -0.146. The van der Waals surface area contributed by atoms with Crippen LogP contribution >= 0.6 is 0 Å². The molecule has 0 aromatic rings. The Labute approximate surface area is 108 Å². The lowest BCUT2D eigenvalue weighted by Gasteiger charge is -2.10. The number of methoxy groups -OCH3 is 1. The van der Waals surface area contributed by atoms with Gasteiger partial charge in [0.05, 0.1) is 33.0 Å². The first-order valence-corrected chi connectivity index (χ1v) is 5.90. The molecule has 1 atom stereocenters. The van der Waals surface area contributed by atoms with E-state index in [2.05, 4.69) is 6.58 Å². The second-order valence-corrected chi connectivity index (χ2v) is 3.52. The van der Waals surface area contributed by atoms with Gasteiger partial charge in [-0.25, -0.2) is 0 Å². The molecule has 0 aliphatic heterocycles. The molecule has 0 aliphatic rings. The van der Waals surface area contributed by atoms with Gasteiger partial charge in [-0.1, -0.05) is 6.08 Å². The molecule has 0 rings (SSSR count). The molecule has 0 saturated heterocycles. The zero-order valence-electron chi connectivity index (χ0n) is 10.9. The Morgan fingerprint density at radius 3 is 2.28 bits per heavy atom. The summed E-state index contributed by atoms with van der Waals surface area (Å²) in [6.45, 7) is 6.10. The van der Waals surface area contributed by atoms with Crippen LogP contribution in [0.2, 0.25) is 0 Å². The molecule has 0 aromatic carbocycles. The van der Waals surface area contributed by atoms with Gasteiger partial charge in [0, 0.05) is 7.11 Å². The molecule has 2 N–H and O–H groups in total. The third kappa shape index (κ3) is 10.2. The van der Waals surface area contributed by atoms with Gasteiger partial charge in [0.15, 0.2) is 0 Å². The van der Waals surface area contributed by atoms with E-state index in [1.807, 2.05) is 0 Å². The number of hydrogen-bond acceptors (Lipinski definition) is 6. The summed E-state index contributed by atoms with van der Waals surface area (Å²) in [5, 5.41) is 0. The smallest absolute Gasteiger partial charge is 0.323 e. The molecule has 6 nitrogen and oxygen atoms in total. The summed E-state index contributed by atoms with van der Waals surface area (Å²) in [5.41, 5.74) is 5.52. The van der Waals surface area contributed by atoms with E-state index in [1.54, 1.807) is 13.2 Å². The Morgan fingerprint density at radius 1 is 1.17 bits per heavy atom. The topological polar surface area (TPSA) is 80.0 Å². The summed E-state index contributed by atoms with van der Waals surface area (Å²) in [6.07, 6.45) is 1.99.